The molecule has 2 heterocycles. The second-order valence-electron chi connectivity index (χ2n) is 8.25. The van der Waals surface area contributed by atoms with E-state index in [1.807, 2.05) is 4.90 Å². The molecule has 0 radical (unpaired) electrons. The van der Waals surface area contributed by atoms with Gasteiger partial charge in [-0.25, -0.2) is 0 Å². The van der Waals surface area contributed by atoms with Crippen molar-refractivity contribution in [3.8, 4) is 5.75 Å². The van der Waals surface area contributed by atoms with Gasteiger partial charge in [0.1, 0.15) is 5.75 Å². The highest BCUT2D eigenvalue weighted by molar-refractivity contribution is 6.02. The molecule has 29 heavy (non-hydrogen) atoms. The molecular formula is C21H28ClN3O4. The predicted molar refractivity (Wildman–Crippen MR) is 111 cm³/mol. The van der Waals surface area contributed by atoms with Crippen LogP contribution in [0.5, 0.6) is 5.75 Å². The largest absolute Gasteiger partial charge is 0.479 e. The molecule has 1 atom stereocenters. The number of rotatable bonds is 3. The van der Waals surface area contributed by atoms with Crippen LogP contribution in [0.3, 0.4) is 0 Å². The second kappa shape index (κ2) is 8.32. The highest BCUT2D eigenvalue weighted by Gasteiger charge is 2.41. The van der Waals surface area contributed by atoms with Gasteiger partial charge in [0, 0.05) is 24.6 Å². The lowest BCUT2D eigenvalue weighted by Crippen LogP contribution is -2.55. The maximum atomic E-state index is 12.9. The van der Waals surface area contributed by atoms with E-state index in [0.29, 0.717) is 42.9 Å². The van der Waals surface area contributed by atoms with E-state index in [2.05, 4.69) is 5.32 Å². The predicted octanol–water partition coefficient (Wildman–Crippen LogP) is 2.52. The van der Waals surface area contributed by atoms with Crippen molar-refractivity contribution in [2.24, 2.45) is 11.7 Å². The minimum absolute atomic E-state index is 0. The number of nitrogens with zero attached hydrogens (tertiary/aromatic N) is 1. The van der Waals surface area contributed by atoms with Crippen LogP contribution in [-0.2, 0) is 9.59 Å². The number of hydrogen-bond donors (Lipinski definition) is 2. The Kier molecular flexibility index (Phi) is 6.19. The van der Waals surface area contributed by atoms with Gasteiger partial charge in [-0.3, -0.25) is 14.4 Å². The zero-order valence-electron chi connectivity index (χ0n) is 16.6. The maximum absolute atomic E-state index is 12.9. The fraction of sp³-hybridized carbons (Fsp3) is 0.571. The van der Waals surface area contributed by atoms with Crippen molar-refractivity contribution < 1.29 is 19.1 Å². The summed E-state index contributed by atoms with van der Waals surface area (Å²) in [5.41, 5.74) is 6.69. The number of ketones is 1. The Morgan fingerprint density at radius 1 is 1.21 bits per heavy atom. The molecule has 0 spiro atoms. The summed E-state index contributed by atoms with van der Waals surface area (Å²) < 4.78 is 5.54. The number of anilines is 1. The molecule has 3 aliphatic rings. The van der Waals surface area contributed by atoms with Gasteiger partial charge in [-0.15, -0.1) is 12.4 Å². The van der Waals surface area contributed by atoms with Gasteiger partial charge in [0.2, 0.25) is 5.91 Å². The standard InChI is InChI=1S/C21H27N3O4.ClH/c1-13-19(26)23-16-12-15(4-5-17(16)28-13)18(25)14-6-10-24(11-7-14)20(27)21(22)8-2-3-9-21;/h4-5,12-14H,2-3,6-11,22H2,1H3,(H,23,26);1H. The van der Waals surface area contributed by atoms with E-state index >= 15 is 0 Å². The van der Waals surface area contributed by atoms with E-state index < -0.39 is 11.6 Å². The highest BCUT2D eigenvalue weighted by Crippen LogP contribution is 2.33. The van der Waals surface area contributed by atoms with Gasteiger partial charge in [0.05, 0.1) is 11.2 Å². The Bertz CT molecular complexity index is 814. The van der Waals surface area contributed by atoms with Gasteiger partial charge >= 0.3 is 0 Å². The number of nitrogens with one attached hydrogen (secondary N) is 1. The van der Waals surface area contributed by atoms with Crippen LogP contribution in [0.15, 0.2) is 18.2 Å². The van der Waals surface area contributed by atoms with Crippen LogP contribution in [-0.4, -0.2) is 47.2 Å². The maximum Gasteiger partial charge on any atom is 0.265 e. The average molecular weight is 422 g/mol. The summed E-state index contributed by atoms with van der Waals surface area (Å²) >= 11 is 0. The first kappa shape index (κ1) is 21.6. The Labute approximate surface area is 176 Å². The Morgan fingerprint density at radius 2 is 1.86 bits per heavy atom. The molecule has 1 saturated carbocycles. The lowest BCUT2D eigenvalue weighted by molar-refractivity contribution is -0.138. The average Bonchev–Trinajstić information content (AvgIpc) is 3.15. The lowest BCUT2D eigenvalue weighted by Gasteiger charge is -2.36. The number of Topliss-reactive ketones (excluding diaryl/α,β-unsaturated/α-hetero) is 1. The van der Waals surface area contributed by atoms with Crippen molar-refractivity contribution >= 4 is 35.7 Å². The van der Waals surface area contributed by atoms with E-state index in [9.17, 15) is 14.4 Å². The van der Waals surface area contributed by atoms with Gasteiger partial charge in [0.15, 0.2) is 11.9 Å². The molecule has 1 aromatic rings. The summed E-state index contributed by atoms with van der Waals surface area (Å²) in [6.45, 7) is 2.82. The minimum atomic E-state index is -0.704. The Balaban J connectivity index is 0.00000240. The van der Waals surface area contributed by atoms with Crippen LogP contribution in [0.4, 0.5) is 5.69 Å². The van der Waals surface area contributed by atoms with Crippen molar-refractivity contribution in [3.05, 3.63) is 23.8 Å². The summed E-state index contributed by atoms with van der Waals surface area (Å²) in [5.74, 6) is 0.323. The monoisotopic (exact) mass is 421 g/mol. The molecular weight excluding hydrogens is 394 g/mol. The molecule has 4 rings (SSSR count). The summed E-state index contributed by atoms with van der Waals surface area (Å²) in [6, 6.07) is 5.16. The third kappa shape index (κ3) is 4.12. The first-order chi connectivity index (χ1) is 13.4. The third-order valence-corrected chi connectivity index (χ3v) is 6.27. The molecule has 1 saturated heterocycles. The van der Waals surface area contributed by atoms with E-state index in [0.717, 1.165) is 25.7 Å². The van der Waals surface area contributed by atoms with Crippen LogP contribution in [0.2, 0.25) is 0 Å². The molecule has 1 aromatic carbocycles. The fourth-order valence-corrected chi connectivity index (χ4v) is 4.48. The van der Waals surface area contributed by atoms with Crippen LogP contribution >= 0.6 is 12.4 Å². The first-order valence-electron chi connectivity index (χ1n) is 10.1. The van der Waals surface area contributed by atoms with Crippen LogP contribution in [0.25, 0.3) is 0 Å². The molecule has 1 unspecified atom stereocenters. The normalized spacial score (nSPS) is 23.4. The molecule has 3 N–H and O–H groups in total. The SMILES string of the molecule is CC1Oc2ccc(C(=O)C3CCN(C(=O)C4(N)CCCC4)CC3)cc2NC1=O.Cl. The van der Waals surface area contributed by atoms with E-state index in [-0.39, 0.29) is 35.9 Å². The molecule has 2 amide bonds. The lowest BCUT2D eigenvalue weighted by atomic mass is 9.87. The number of hydrogen-bond acceptors (Lipinski definition) is 5. The van der Waals surface area contributed by atoms with E-state index in [4.69, 9.17) is 10.5 Å². The number of ether oxygens (including phenoxy) is 1. The second-order valence-corrected chi connectivity index (χ2v) is 8.25. The number of halogens is 1. The smallest absolute Gasteiger partial charge is 0.265 e. The highest BCUT2D eigenvalue weighted by atomic mass is 35.5. The zero-order chi connectivity index (χ0) is 19.9. The van der Waals surface area contributed by atoms with Crippen LogP contribution in [0, 0.1) is 5.92 Å². The third-order valence-electron chi connectivity index (χ3n) is 6.27. The van der Waals surface area contributed by atoms with Crippen molar-refractivity contribution in [1.82, 2.24) is 4.90 Å². The molecule has 8 heteroatoms. The number of likely N-dealkylation sites (tertiary alicyclic amines) is 1. The number of amides is 2. The van der Waals surface area contributed by atoms with E-state index in [1.165, 1.54) is 0 Å². The number of nitrogens with two attached hydrogens (primary N) is 1. The quantitative estimate of drug-likeness (QED) is 0.730. The van der Waals surface area contributed by atoms with Crippen molar-refractivity contribution in [3.63, 3.8) is 0 Å². The molecule has 158 valence electrons. The van der Waals surface area contributed by atoms with Gasteiger partial charge in [-0.1, -0.05) is 12.8 Å². The molecule has 0 bridgehead atoms. The Morgan fingerprint density at radius 3 is 2.52 bits per heavy atom. The summed E-state index contributed by atoms with van der Waals surface area (Å²) in [6.07, 6.45) is 4.26. The molecule has 2 aliphatic heterocycles. The number of fused-ring (bicyclic) bond motifs is 1. The fourth-order valence-electron chi connectivity index (χ4n) is 4.48. The van der Waals surface area contributed by atoms with Crippen molar-refractivity contribution in [2.45, 2.75) is 57.1 Å². The summed E-state index contributed by atoms with van der Waals surface area (Å²) in [7, 11) is 0. The number of benzene rings is 1. The summed E-state index contributed by atoms with van der Waals surface area (Å²) in [4.78, 5) is 39.3. The first-order valence-corrected chi connectivity index (χ1v) is 10.1. The van der Waals surface area contributed by atoms with Crippen LogP contribution < -0.4 is 15.8 Å². The van der Waals surface area contributed by atoms with E-state index in [1.54, 1.807) is 25.1 Å². The molecule has 0 aromatic heterocycles. The molecule has 2 fully saturated rings. The molecule has 1 aliphatic carbocycles. The van der Waals surface area contributed by atoms with Crippen LogP contribution in [0.1, 0.15) is 55.8 Å². The zero-order valence-corrected chi connectivity index (χ0v) is 17.4. The Hall–Kier alpha value is -2.12. The van der Waals surface area contributed by atoms with Gasteiger partial charge in [-0.05, 0) is 50.8 Å². The topological polar surface area (TPSA) is 102 Å². The van der Waals surface area contributed by atoms with Crippen molar-refractivity contribution in [1.29, 1.82) is 0 Å². The number of carbonyl (C=O) groups excluding carboxylic acids is 3. The number of carbonyl (C=O) groups is 3. The summed E-state index contributed by atoms with van der Waals surface area (Å²) in [5, 5.41) is 2.78. The van der Waals surface area contributed by atoms with Gasteiger partial charge in [-0.2, -0.15) is 0 Å². The van der Waals surface area contributed by atoms with Crippen molar-refractivity contribution in [2.75, 3.05) is 18.4 Å². The molecule has 7 nitrogen and oxygen atoms in total. The minimum Gasteiger partial charge on any atom is -0.479 e. The van der Waals surface area contributed by atoms with Gasteiger partial charge in [0.25, 0.3) is 5.91 Å². The number of piperidine rings is 1. The van der Waals surface area contributed by atoms with Gasteiger partial charge < -0.3 is 20.7 Å².